The Morgan fingerprint density at radius 2 is 1.83 bits per heavy atom. The zero-order chi connectivity index (χ0) is 16.8. The van der Waals surface area contributed by atoms with Crippen molar-refractivity contribution in [1.82, 2.24) is 9.78 Å². The van der Waals surface area contributed by atoms with Crippen molar-refractivity contribution < 1.29 is 0 Å². The number of rotatable bonds is 5. The predicted octanol–water partition coefficient (Wildman–Crippen LogP) is 4.30. The van der Waals surface area contributed by atoms with Crippen LogP contribution in [0.3, 0.4) is 0 Å². The number of nitrogens with zero attached hydrogens (tertiary/aromatic N) is 2. The number of hydrogen-bond donors (Lipinski definition) is 2. The summed E-state index contributed by atoms with van der Waals surface area (Å²) in [5.74, 6) is 0. The second-order valence-electron chi connectivity index (χ2n) is 5.49. The van der Waals surface area contributed by atoms with Crippen LogP contribution in [0.25, 0.3) is 0 Å². The quantitative estimate of drug-likeness (QED) is 0.682. The van der Waals surface area contributed by atoms with E-state index in [4.69, 9.17) is 12.2 Å². The van der Waals surface area contributed by atoms with Gasteiger partial charge in [0.2, 0.25) is 0 Å². The van der Waals surface area contributed by atoms with Crippen molar-refractivity contribution in [2.45, 2.75) is 19.9 Å². The summed E-state index contributed by atoms with van der Waals surface area (Å²) in [6, 6.07) is 18.3. The highest BCUT2D eigenvalue weighted by atomic mass is 32.1. The van der Waals surface area contributed by atoms with Gasteiger partial charge < -0.3 is 10.6 Å². The molecule has 0 saturated carbocycles. The van der Waals surface area contributed by atoms with Crippen LogP contribution in [0, 0.1) is 0 Å². The molecule has 2 aromatic carbocycles. The zero-order valence-corrected chi connectivity index (χ0v) is 14.4. The molecule has 4 nitrogen and oxygen atoms in total. The van der Waals surface area contributed by atoms with Crippen molar-refractivity contribution in [2.75, 3.05) is 10.6 Å². The SMILES string of the molecule is CCc1ccccc1NC(=S)Nc1ccc(Cn2cccn2)cc1. The Morgan fingerprint density at radius 1 is 1.04 bits per heavy atom. The fourth-order valence-electron chi connectivity index (χ4n) is 2.51. The molecule has 0 atom stereocenters. The first kappa shape index (κ1) is 16.2. The highest BCUT2D eigenvalue weighted by molar-refractivity contribution is 7.80. The molecule has 0 radical (unpaired) electrons. The summed E-state index contributed by atoms with van der Waals surface area (Å²) in [6.45, 7) is 2.90. The van der Waals surface area contributed by atoms with Crippen LogP contribution < -0.4 is 10.6 Å². The predicted molar refractivity (Wildman–Crippen MR) is 103 cm³/mol. The van der Waals surface area contributed by atoms with E-state index in [2.05, 4.69) is 40.9 Å². The number of para-hydroxylation sites is 1. The summed E-state index contributed by atoms with van der Waals surface area (Å²) in [5.41, 5.74) is 4.45. The molecule has 2 N–H and O–H groups in total. The normalized spacial score (nSPS) is 10.4. The van der Waals surface area contributed by atoms with Crippen LogP contribution in [0.2, 0.25) is 0 Å². The summed E-state index contributed by atoms with van der Waals surface area (Å²) in [6.07, 6.45) is 4.71. The summed E-state index contributed by atoms with van der Waals surface area (Å²) >= 11 is 5.42. The molecule has 0 aliphatic rings. The number of benzene rings is 2. The average Bonchev–Trinajstić information content (AvgIpc) is 3.10. The molecule has 3 rings (SSSR count). The molecular formula is C19H20N4S. The maximum atomic E-state index is 5.42. The average molecular weight is 336 g/mol. The largest absolute Gasteiger partial charge is 0.332 e. The van der Waals surface area contributed by atoms with Crippen molar-refractivity contribution in [2.24, 2.45) is 0 Å². The highest BCUT2D eigenvalue weighted by Gasteiger charge is 2.03. The second-order valence-corrected chi connectivity index (χ2v) is 5.90. The van der Waals surface area contributed by atoms with Crippen LogP contribution in [-0.4, -0.2) is 14.9 Å². The third-order valence-corrected chi connectivity index (χ3v) is 3.97. The Hall–Kier alpha value is -2.66. The van der Waals surface area contributed by atoms with E-state index in [-0.39, 0.29) is 0 Å². The Labute approximate surface area is 147 Å². The molecule has 0 unspecified atom stereocenters. The van der Waals surface area contributed by atoms with Crippen molar-refractivity contribution in [3.8, 4) is 0 Å². The van der Waals surface area contributed by atoms with Gasteiger partial charge in [0.1, 0.15) is 0 Å². The van der Waals surface area contributed by atoms with E-state index < -0.39 is 0 Å². The Morgan fingerprint density at radius 3 is 2.54 bits per heavy atom. The molecule has 24 heavy (non-hydrogen) atoms. The molecule has 1 aromatic heterocycles. The van der Waals surface area contributed by atoms with E-state index in [0.29, 0.717) is 5.11 Å². The number of anilines is 2. The van der Waals surface area contributed by atoms with Crippen LogP contribution in [0.15, 0.2) is 67.0 Å². The van der Waals surface area contributed by atoms with Gasteiger partial charge in [-0.15, -0.1) is 0 Å². The molecule has 3 aromatic rings. The molecule has 122 valence electrons. The van der Waals surface area contributed by atoms with Gasteiger partial charge >= 0.3 is 0 Å². The van der Waals surface area contributed by atoms with Gasteiger partial charge in [0.15, 0.2) is 5.11 Å². The molecule has 0 bridgehead atoms. The lowest BCUT2D eigenvalue weighted by Crippen LogP contribution is -2.19. The number of hydrogen-bond acceptors (Lipinski definition) is 2. The van der Waals surface area contributed by atoms with E-state index >= 15 is 0 Å². The third-order valence-electron chi connectivity index (χ3n) is 3.76. The molecule has 0 spiro atoms. The van der Waals surface area contributed by atoms with Crippen LogP contribution in [0.5, 0.6) is 0 Å². The van der Waals surface area contributed by atoms with Gasteiger partial charge in [0.25, 0.3) is 0 Å². The summed E-state index contributed by atoms with van der Waals surface area (Å²) in [4.78, 5) is 0. The Kier molecular flexibility index (Phi) is 5.23. The molecule has 0 amide bonds. The minimum absolute atomic E-state index is 0.593. The Balaban J connectivity index is 1.60. The summed E-state index contributed by atoms with van der Waals surface area (Å²) in [5, 5.41) is 11.3. The van der Waals surface area contributed by atoms with Gasteiger partial charge in [-0.1, -0.05) is 37.3 Å². The van der Waals surface area contributed by atoms with Crippen LogP contribution >= 0.6 is 12.2 Å². The van der Waals surface area contributed by atoms with E-state index in [1.807, 2.05) is 47.3 Å². The van der Waals surface area contributed by atoms with Crippen molar-refractivity contribution in [3.63, 3.8) is 0 Å². The number of thiocarbonyl (C=S) groups is 1. The fourth-order valence-corrected chi connectivity index (χ4v) is 2.74. The van der Waals surface area contributed by atoms with Gasteiger partial charge in [0.05, 0.1) is 6.54 Å². The first-order valence-corrected chi connectivity index (χ1v) is 8.37. The number of aromatic nitrogens is 2. The number of nitrogens with one attached hydrogen (secondary N) is 2. The smallest absolute Gasteiger partial charge is 0.175 e. The first-order chi connectivity index (χ1) is 11.7. The minimum atomic E-state index is 0.593. The second kappa shape index (κ2) is 7.75. The van der Waals surface area contributed by atoms with Crippen molar-refractivity contribution in [1.29, 1.82) is 0 Å². The van der Waals surface area contributed by atoms with Gasteiger partial charge in [0, 0.05) is 23.8 Å². The molecule has 5 heteroatoms. The molecule has 1 heterocycles. The maximum absolute atomic E-state index is 5.42. The van der Waals surface area contributed by atoms with E-state index in [0.717, 1.165) is 24.3 Å². The third kappa shape index (κ3) is 4.20. The van der Waals surface area contributed by atoms with Gasteiger partial charge in [-0.25, -0.2) is 0 Å². The van der Waals surface area contributed by atoms with Crippen LogP contribution in [0.4, 0.5) is 11.4 Å². The standard InChI is InChI=1S/C19H20N4S/c1-2-16-6-3-4-7-18(16)22-19(24)21-17-10-8-15(9-11-17)14-23-13-5-12-20-23/h3-13H,2,14H2,1H3,(H2,21,22,24). The molecule has 0 fully saturated rings. The lowest BCUT2D eigenvalue weighted by molar-refractivity contribution is 0.687. The minimum Gasteiger partial charge on any atom is -0.332 e. The fraction of sp³-hybridized carbons (Fsp3) is 0.158. The van der Waals surface area contributed by atoms with Gasteiger partial charge in [-0.05, 0) is 54.0 Å². The van der Waals surface area contributed by atoms with Crippen molar-refractivity contribution in [3.05, 3.63) is 78.1 Å². The molecule has 0 saturated heterocycles. The highest BCUT2D eigenvalue weighted by Crippen LogP contribution is 2.16. The van der Waals surface area contributed by atoms with Crippen LogP contribution in [0.1, 0.15) is 18.1 Å². The lowest BCUT2D eigenvalue weighted by Gasteiger charge is -2.13. The molecule has 0 aliphatic heterocycles. The van der Waals surface area contributed by atoms with Gasteiger partial charge in [-0.2, -0.15) is 5.10 Å². The monoisotopic (exact) mass is 336 g/mol. The number of aryl methyl sites for hydroxylation is 1. The molecular weight excluding hydrogens is 316 g/mol. The maximum Gasteiger partial charge on any atom is 0.175 e. The van der Waals surface area contributed by atoms with E-state index in [9.17, 15) is 0 Å². The zero-order valence-electron chi connectivity index (χ0n) is 13.6. The first-order valence-electron chi connectivity index (χ1n) is 7.97. The van der Waals surface area contributed by atoms with E-state index in [1.54, 1.807) is 6.20 Å². The summed E-state index contributed by atoms with van der Waals surface area (Å²) < 4.78 is 1.90. The lowest BCUT2D eigenvalue weighted by atomic mass is 10.1. The van der Waals surface area contributed by atoms with Gasteiger partial charge in [-0.3, -0.25) is 4.68 Å². The topological polar surface area (TPSA) is 41.9 Å². The summed E-state index contributed by atoms with van der Waals surface area (Å²) in [7, 11) is 0. The molecule has 0 aliphatic carbocycles. The van der Waals surface area contributed by atoms with Crippen LogP contribution in [-0.2, 0) is 13.0 Å². The van der Waals surface area contributed by atoms with Crippen molar-refractivity contribution >= 4 is 28.7 Å². The van der Waals surface area contributed by atoms with E-state index in [1.165, 1.54) is 11.1 Å². The Bertz CT molecular complexity index is 794.